The molecule has 1 aromatic carbocycles. The molecule has 0 radical (unpaired) electrons. The first-order valence-corrected chi connectivity index (χ1v) is 9.38. The van der Waals surface area contributed by atoms with Gasteiger partial charge in [0.25, 0.3) is 0 Å². The molecule has 1 fully saturated rings. The summed E-state index contributed by atoms with van der Waals surface area (Å²) in [5, 5.41) is 3.59. The van der Waals surface area contributed by atoms with E-state index in [4.69, 9.17) is 0 Å². The van der Waals surface area contributed by atoms with Gasteiger partial charge in [0.2, 0.25) is 15.9 Å². The lowest BCUT2D eigenvalue weighted by atomic mass is 9.99. The van der Waals surface area contributed by atoms with Gasteiger partial charge in [0.05, 0.1) is 24.0 Å². The Morgan fingerprint density at radius 3 is 2.68 bits per heavy atom. The molecule has 138 valence electrons. The topological polar surface area (TPSA) is 78.8 Å². The van der Waals surface area contributed by atoms with Crippen LogP contribution in [0.1, 0.15) is 24.0 Å². The zero-order chi connectivity index (χ0) is 18.7. The fourth-order valence-electron chi connectivity index (χ4n) is 2.58. The van der Waals surface area contributed by atoms with Gasteiger partial charge >= 0.3 is 6.18 Å². The highest BCUT2D eigenvalue weighted by atomic mass is 32.2. The van der Waals surface area contributed by atoms with Crippen LogP contribution in [0.4, 0.5) is 13.2 Å². The Balaban J connectivity index is 2.02. The van der Waals surface area contributed by atoms with E-state index >= 15 is 0 Å². The molecule has 6 nitrogen and oxygen atoms in total. The van der Waals surface area contributed by atoms with Crippen LogP contribution in [0, 0.1) is 5.92 Å². The van der Waals surface area contributed by atoms with Crippen LogP contribution in [0.2, 0.25) is 0 Å². The summed E-state index contributed by atoms with van der Waals surface area (Å²) < 4.78 is 62.9. The summed E-state index contributed by atoms with van der Waals surface area (Å²) in [6.45, 7) is 0.393. The molecule has 0 aliphatic carbocycles. The van der Waals surface area contributed by atoms with Gasteiger partial charge in [0, 0.05) is 18.7 Å². The second-order valence-corrected chi connectivity index (χ2v) is 7.76. The van der Waals surface area contributed by atoms with Crippen molar-refractivity contribution in [3.05, 3.63) is 35.4 Å². The van der Waals surface area contributed by atoms with Crippen LogP contribution >= 0.6 is 0 Å². The first-order chi connectivity index (χ1) is 11.6. The number of benzene rings is 1. The average Bonchev–Trinajstić information content (AvgIpc) is 2.53. The number of nitrogens with zero attached hydrogens (tertiary/aromatic N) is 2. The number of amides is 1. The van der Waals surface area contributed by atoms with Crippen molar-refractivity contribution < 1.29 is 26.4 Å². The Morgan fingerprint density at radius 2 is 2.04 bits per heavy atom. The molecule has 2 rings (SSSR count). The Morgan fingerprint density at radius 1 is 1.36 bits per heavy atom. The van der Waals surface area contributed by atoms with Crippen molar-refractivity contribution in [3.8, 4) is 0 Å². The number of hydrogen-bond acceptors (Lipinski definition) is 4. The third-order valence-corrected chi connectivity index (χ3v) is 5.14. The van der Waals surface area contributed by atoms with Gasteiger partial charge in [-0.25, -0.2) is 18.1 Å². The molecule has 1 amide bonds. The lowest BCUT2D eigenvalue weighted by Gasteiger charge is -2.29. The first-order valence-electron chi connectivity index (χ1n) is 7.53. The van der Waals surface area contributed by atoms with Crippen molar-refractivity contribution in [2.45, 2.75) is 19.0 Å². The molecule has 0 saturated carbocycles. The standard InChI is InChI=1S/C15H18F3N3O3S/c1-25(23,24)21-8-4-6-12(10-21)14(22)20-19-9-11-5-2-3-7-13(11)15(16,17)18/h2-3,5,7,9,12H,4,6,8,10H2,1H3,(H,20,22)/b19-9-/t12-/m1/s1. The molecule has 1 aliphatic heterocycles. The van der Waals surface area contributed by atoms with Crippen LogP contribution in [0.25, 0.3) is 0 Å². The number of sulfonamides is 1. The number of nitrogens with one attached hydrogen (secondary N) is 1. The second-order valence-electron chi connectivity index (χ2n) is 5.78. The predicted octanol–water partition coefficient (Wildman–Crippen LogP) is 1.83. The Hall–Kier alpha value is -1.94. The van der Waals surface area contributed by atoms with E-state index in [9.17, 15) is 26.4 Å². The Labute approximate surface area is 143 Å². The van der Waals surface area contributed by atoms with Crippen LogP contribution in [0.15, 0.2) is 29.4 Å². The van der Waals surface area contributed by atoms with E-state index in [1.807, 2.05) is 0 Å². The first kappa shape index (κ1) is 19.4. The molecule has 0 bridgehead atoms. The number of rotatable bonds is 4. The lowest BCUT2D eigenvalue weighted by Crippen LogP contribution is -2.44. The van der Waals surface area contributed by atoms with E-state index < -0.39 is 33.6 Å². The van der Waals surface area contributed by atoms with Gasteiger partial charge in [-0.3, -0.25) is 4.79 Å². The maximum absolute atomic E-state index is 12.9. The van der Waals surface area contributed by atoms with Crippen LogP contribution < -0.4 is 5.43 Å². The number of alkyl halides is 3. The van der Waals surface area contributed by atoms with E-state index in [2.05, 4.69) is 10.5 Å². The Kier molecular flexibility index (Phi) is 5.83. The van der Waals surface area contributed by atoms with Gasteiger partial charge < -0.3 is 0 Å². The van der Waals surface area contributed by atoms with Gasteiger partial charge in [-0.1, -0.05) is 18.2 Å². The molecule has 0 spiro atoms. The molecule has 1 heterocycles. The smallest absolute Gasteiger partial charge is 0.273 e. The SMILES string of the molecule is CS(=O)(=O)N1CCC[C@@H](C(=O)N/N=C\c2ccccc2C(F)(F)F)C1. The molecule has 1 aliphatic rings. The molecule has 25 heavy (non-hydrogen) atoms. The molecule has 0 aromatic heterocycles. The Bertz CT molecular complexity index is 763. The molecular weight excluding hydrogens is 359 g/mol. The fourth-order valence-corrected chi connectivity index (χ4v) is 3.49. The fraction of sp³-hybridized carbons (Fsp3) is 0.467. The van der Waals surface area contributed by atoms with Crippen LogP contribution in [-0.4, -0.2) is 44.2 Å². The summed E-state index contributed by atoms with van der Waals surface area (Å²) in [6, 6.07) is 4.86. The van der Waals surface area contributed by atoms with Crippen molar-refractivity contribution in [2.75, 3.05) is 19.3 Å². The number of carbonyl (C=O) groups excluding carboxylic acids is 1. The zero-order valence-corrected chi connectivity index (χ0v) is 14.3. The summed E-state index contributed by atoms with van der Waals surface area (Å²) in [4.78, 5) is 12.1. The van der Waals surface area contributed by atoms with Gasteiger partial charge in [-0.05, 0) is 18.9 Å². The molecule has 0 unspecified atom stereocenters. The highest BCUT2D eigenvalue weighted by Crippen LogP contribution is 2.31. The number of carbonyl (C=O) groups is 1. The maximum atomic E-state index is 12.9. The molecule has 10 heteroatoms. The van der Waals surface area contributed by atoms with Crippen molar-refractivity contribution in [2.24, 2.45) is 11.0 Å². The second kappa shape index (κ2) is 7.52. The highest BCUT2D eigenvalue weighted by Gasteiger charge is 2.33. The average molecular weight is 377 g/mol. The van der Waals surface area contributed by atoms with Crippen molar-refractivity contribution >= 4 is 22.1 Å². The van der Waals surface area contributed by atoms with Crippen LogP contribution in [-0.2, 0) is 21.0 Å². The summed E-state index contributed by atoms with van der Waals surface area (Å²) in [5.41, 5.74) is 1.17. The molecule has 1 atom stereocenters. The van der Waals surface area contributed by atoms with Crippen LogP contribution in [0.5, 0.6) is 0 Å². The van der Waals surface area contributed by atoms with E-state index in [1.165, 1.54) is 22.5 Å². The van der Waals surface area contributed by atoms with Gasteiger partial charge in [-0.15, -0.1) is 0 Å². The monoisotopic (exact) mass is 377 g/mol. The zero-order valence-electron chi connectivity index (χ0n) is 13.5. The van der Waals surface area contributed by atoms with Gasteiger partial charge in [0.15, 0.2) is 0 Å². The van der Waals surface area contributed by atoms with Crippen molar-refractivity contribution in [1.82, 2.24) is 9.73 Å². The normalized spacial score (nSPS) is 19.9. The van der Waals surface area contributed by atoms with E-state index in [0.717, 1.165) is 18.5 Å². The van der Waals surface area contributed by atoms with Crippen molar-refractivity contribution in [1.29, 1.82) is 0 Å². The molecular formula is C15H18F3N3O3S. The minimum atomic E-state index is -4.52. The minimum Gasteiger partial charge on any atom is -0.273 e. The van der Waals surface area contributed by atoms with E-state index in [1.54, 1.807) is 0 Å². The summed E-state index contributed by atoms with van der Waals surface area (Å²) in [7, 11) is -3.39. The molecule has 1 N–H and O–H groups in total. The lowest BCUT2D eigenvalue weighted by molar-refractivity contribution is -0.137. The van der Waals surface area contributed by atoms with E-state index in [0.29, 0.717) is 19.4 Å². The number of halogens is 3. The van der Waals surface area contributed by atoms with Crippen LogP contribution in [0.3, 0.4) is 0 Å². The number of hydrazone groups is 1. The largest absolute Gasteiger partial charge is 0.417 e. The minimum absolute atomic E-state index is 0.0410. The van der Waals surface area contributed by atoms with Gasteiger partial charge in [-0.2, -0.15) is 18.3 Å². The van der Waals surface area contributed by atoms with E-state index in [-0.39, 0.29) is 12.1 Å². The third kappa shape index (κ3) is 5.27. The summed E-state index contributed by atoms with van der Waals surface area (Å²) in [6.07, 6.45) is -1.50. The molecule has 1 saturated heterocycles. The predicted molar refractivity (Wildman–Crippen MR) is 86.3 cm³/mol. The quantitative estimate of drug-likeness (QED) is 0.642. The number of hydrogen-bond donors (Lipinski definition) is 1. The number of piperidine rings is 1. The van der Waals surface area contributed by atoms with Crippen molar-refractivity contribution in [3.63, 3.8) is 0 Å². The van der Waals surface area contributed by atoms with Gasteiger partial charge in [0.1, 0.15) is 0 Å². The summed E-state index contributed by atoms with van der Waals surface area (Å²) in [5.74, 6) is -1.10. The third-order valence-electron chi connectivity index (χ3n) is 3.87. The highest BCUT2D eigenvalue weighted by molar-refractivity contribution is 7.88. The summed E-state index contributed by atoms with van der Waals surface area (Å²) >= 11 is 0. The maximum Gasteiger partial charge on any atom is 0.417 e. The molecule has 1 aromatic rings.